The smallest absolute Gasteiger partial charge is 0.266 e. The molecule has 31 heavy (non-hydrogen) atoms. The van der Waals surface area contributed by atoms with Crippen molar-refractivity contribution in [2.24, 2.45) is 0 Å². The van der Waals surface area contributed by atoms with Gasteiger partial charge in [0.25, 0.3) is 11.3 Å². The van der Waals surface area contributed by atoms with Crippen LogP contribution >= 0.6 is 0 Å². The van der Waals surface area contributed by atoms with Crippen molar-refractivity contribution >= 4 is 10.9 Å². The van der Waals surface area contributed by atoms with Gasteiger partial charge in [0.05, 0.1) is 23.2 Å². The number of rotatable bonds is 2. The number of benzene rings is 3. The Morgan fingerprint density at radius 2 is 1.84 bits per heavy atom. The van der Waals surface area contributed by atoms with Gasteiger partial charge in [0.2, 0.25) is 0 Å². The molecular formula is C26H20N2O3. The van der Waals surface area contributed by atoms with E-state index in [0.29, 0.717) is 16.7 Å². The predicted octanol–water partition coefficient (Wildman–Crippen LogP) is 4.34. The van der Waals surface area contributed by atoms with Crippen molar-refractivity contribution in [1.29, 1.82) is 0 Å². The molecule has 1 saturated heterocycles. The molecule has 3 aromatic carbocycles. The lowest BCUT2D eigenvalue weighted by molar-refractivity contribution is -0.159. The Labute approximate surface area is 179 Å². The van der Waals surface area contributed by atoms with E-state index in [-0.39, 0.29) is 12.2 Å². The highest BCUT2D eigenvalue weighted by atomic mass is 16.8. The van der Waals surface area contributed by atoms with Gasteiger partial charge in [-0.3, -0.25) is 9.36 Å². The SMILES string of the molecule is C=CC1(c2ccccc2)COC2(O1)c1ccccc1-n1c2nc2ccc(C)cc2c1=O. The third-order valence-corrected chi connectivity index (χ3v) is 6.23. The van der Waals surface area contributed by atoms with Gasteiger partial charge in [0, 0.05) is 5.56 Å². The van der Waals surface area contributed by atoms with Crippen LogP contribution in [-0.2, 0) is 20.9 Å². The highest BCUT2D eigenvalue weighted by molar-refractivity contribution is 5.79. The topological polar surface area (TPSA) is 53.4 Å². The van der Waals surface area contributed by atoms with E-state index in [9.17, 15) is 4.79 Å². The fraction of sp³-hybridized carbons (Fsp3) is 0.154. The Balaban J connectivity index is 1.65. The van der Waals surface area contributed by atoms with Crippen LogP contribution in [0.4, 0.5) is 0 Å². The first-order valence-corrected chi connectivity index (χ1v) is 10.2. The molecule has 5 nitrogen and oxygen atoms in total. The fourth-order valence-corrected chi connectivity index (χ4v) is 4.66. The molecule has 0 bridgehead atoms. The summed E-state index contributed by atoms with van der Waals surface area (Å²) in [5, 5.41) is 0.576. The zero-order valence-electron chi connectivity index (χ0n) is 17.0. The molecule has 0 saturated carbocycles. The van der Waals surface area contributed by atoms with Crippen molar-refractivity contribution in [3.8, 4) is 5.69 Å². The van der Waals surface area contributed by atoms with Gasteiger partial charge in [-0.25, -0.2) is 4.98 Å². The number of nitrogens with zero attached hydrogens (tertiary/aromatic N) is 2. The summed E-state index contributed by atoms with van der Waals surface area (Å²) in [6.07, 6.45) is 1.77. The molecule has 6 rings (SSSR count). The van der Waals surface area contributed by atoms with Crippen molar-refractivity contribution in [1.82, 2.24) is 9.55 Å². The first-order chi connectivity index (χ1) is 15.1. The monoisotopic (exact) mass is 408 g/mol. The van der Waals surface area contributed by atoms with Gasteiger partial charge < -0.3 is 9.47 Å². The Kier molecular flexibility index (Phi) is 3.67. The molecule has 2 atom stereocenters. The Bertz CT molecular complexity index is 1430. The Hall–Kier alpha value is -3.54. The minimum absolute atomic E-state index is 0.129. The normalized spacial score (nSPS) is 23.8. The highest BCUT2D eigenvalue weighted by Crippen LogP contribution is 2.52. The summed E-state index contributed by atoms with van der Waals surface area (Å²) in [7, 11) is 0. The van der Waals surface area contributed by atoms with Gasteiger partial charge in [-0.05, 0) is 30.7 Å². The van der Waals surface area contributed by atoms with E-state index < -0.39 is 11.4 Å². The molecule has 2 aliphatic rings. The van der Waals surface area contributed by atoms with Gasteiger partial charge in [-0.2, -0.15) is 0 Å². The van der Waals surface area contributed by atoms with Crippen molar-refractivity contribution in [2.75, 3.05) is 6.61 Å². The fourth-order valence-electron chi connectivity index (χ4n) is 4.66. The quantitative estimate of drug-likeness (QED) is 0.463. The minimum atomic E-state index is -1.29. The van der Waals surface area contributed by atoms with E-state index in [1.165, 1.54) is 0 Å². The van der Waals surface area contributed by atoms with E-state index in [0.717, 1.165) is 22.4 Å². The van der Waals surface area contributed by atoms with E-state index in [1.807, 2.05) is 79.7 Å². The molecule has 5 heteroatoms. The number of aryl methyl sites for hydroxylation is 1. The van der Waals surface area contributed by atoms with Crippen molar-refractivity contribution in [3.63, 3.8) is 0 Å². The van der Waals surface area contributed by atoms with Crippen LogP contribution in [0, 0.1) is 6.92 Å². The summed E-state index contributed by atoms with van der Waals surface area (Å²) in [6, 6.07) is 23.2. The van der Waals surface area contributed by atoms with Gasteiger partial charge >= 0.3 is 0 Å². The second-order valence-electron chi connectivity index (χ2n) is 8.08. The van der Waals surface area contributed by atoms with E-state index >= 15 is 0 Å². The van der Waals surface area contributed by atoms with Crippen LogP contribution < -0.4 is 5.56 Å². The molecule has 1 spiro atoms. The first kappa shape index (κ1) is 18.2. The molecule has 0 aliphatic carbocycles. The molecule has 4 aromatic rings. The largest absolute Gasteiger partial charge is 0.336 e. The van der Waals surface area contributed by atoms with Crippen molar-refractivity contribution < 1.29 is 9.47 Å². The molecule has 152 valence electrons. The van der Waals surface area contributed by atoms with Crippen LogP contribution in [0.15, 0.2) is 90.2 Å². The van der Waals surface area contributed by atoms with E-state index in [2.05, 4.69) is 6.58 Å². The van der Waals surface area contributed by atoms with Gasteiger partial charge in [0.15, 0.2) is 5.82 Å². The second kappa shape index (κ2) is 6.23. The zero-order chi connectivity index (χ0) is 21.2. The summed E-state index contributed by atoms with van der Waals surface area (Å²) in [5.41, 5.74) is 3.09. The molecule has 0 radical (unpaired) electrons. The predicted molar refractivity (Wildman–Crippen MR) is 118 cm³/mol. The lowest BCUT2D eigenvalue weighted by Gasteiger charge is -2.28. The average Bonchev–Trinajstić information content (AvgIpc) is 3.34. The number of para-hydroxylation sites is 1. The van der Waals surface area contributed by atoms with Crippen LogP contribution in [0.2, 0.25) is 0 Å². The zero-order valence-corrected chi connectivity index (χ0v) is 17.0. The molecule has 0 amide bonds. The number of fused-ring (bicyclic) bond motifs is 6. The van der Waals surface area contributed by atoms with Crippen LogP contribution in [0.1, 0.15) is 22.5 Å². The van der Waals surface area contributed by atoms with E-state index in [4.69, 9.17) is 14.5 Å². The minimum Gasteiger partial charge on any atom is -0.336 e. The molecule has 3 heterocycles. The molecule has 2 aliphatic heterocycles. The molecule has 2 unspecified atom stereocenters. The first-order valence-electron chi connectivity index (χ1n) is 10.2. The molecule has 0 N–H and O–H groups in total. The summed E-state index contributed by atoms with van der Waals surface area (Å²) in [5.74, 6) is -0.853. The van der Waals surface area contributed by atoms with Gasteiger partial charge in [-0.15, -0.1) is 0 Å². The Morgan fingerprint density at radius 3 is 2.65 bits per heavy atom. The molecule has 1 aromatic heterocycles. The number of hydrogen-bond acceptors (Lipinski definition) is 4. The maximum atomic E-state index is 13.6. The average molecular weight is 408 g/mol. The standard InChI is InChI=1S/C26H20N2O3/c1-3-25(18-9-5-4-6-10-18)16-30-26(31-25)20-11-7-8-12-22(20)28-23(29)19-15-17(2)13-14-21(19)27-24(26)28/h3-15H,1,16H2,2H3. The lowest BCUT2D eigenvalue weighted by atomic mass is 9.95. The van der Waals surface area contributed by atoms with Crippen LogP contribution in [0.5, 0.6) is 0 Å². The van der Waals surface area contributed by atoms with Crippen LogP contribution in [-0.4, -0.2) is 16.2 Å². The van der Waals surface area contributed by atoms with Gasteiger partial charge in [0.1, 0.15) is 5.60 Å². The summed E-state index contributed by atoms with van der Waals surface area (Å²) in [4.78, 5) is 18.4. The lowest BCUT2D eigenvalue weighted by Crippen LogP contribution is -2.34. The molecule has 1 fully saturated rings. The highest BCUT2D eigenvalue weighted by Gasteiger charge is 2.58. The van der Waals surface area contributed by atoms with Crippen molar-refractivity contribution in [2.45, 2.75) is 18.3 Å². The maximum Gasteiger partial charge on any atom is 0.266 e. The van der Waals surface area contributed by atoms with Gasteiger partial charge in [-0.1, -0.05) is 72.8 Å². The van der Waals surface area contributed by atoms with Crippen molar-refractivity contribution in [3.05, 3.63) is 118 Å². The van der Waals surface area contributed by atoms with E-state index in [1.54, 1.807) is 10.6 Å². The summed E-state index contributed by atoms with van der Waals surface area (Å²) in [6.45, 7) is 6.27. The molecular weight excluding hydrogens is 388 g/mol. The third kappa shape index (κ3) is 2.33. The van der Waals surface area contributed by atoms with Crippen LogP contribution in [0.3, 0.4) is 0 Å². The number of hydrogen-bond donors (Lipinski definition) is 0. The van der Waals surface area contributed by atoms with Crippen LogP contribution in [0.25, 0.3) is 16.6 Å². The third-order valence-electron chi connectivity index (χ3n) is 6.23. The number of ether oxygens (including phenoxy) is 2. The number of aromatic nitrogens is 2. The summed E-state index contributed by atoms with van der Waals surface area (Å²) >= 11 is 0. The maximum absolute atomic E-state index is 13.6. The summed E-state index contributed by atoms with van der Waals surface area (Å²) < 4.78 is 14.8. The second-order valence-corrected chi connectivity index (χ2v) is 8.08. The Morgan fingerprint density at radius 1 is 1.06 bits per heavy atom.